The molecule has 3 aromatic heterocycles. The number of pyridine rings is 2. The number of anilines is 2. The summed E-state index contributed by atoms with van der Waals surface area (Å²) in [6, 6.07) is 11.4. The van der Waals surface area contributed by atoms with Crippen molar-refractivity contribution in [2.45, 2.75) is 38.0 Å². The van der Waals surface area contributed by atoms with Crippen molar-refractivity contribution in [2.75, 3.05) is 5.32 Å². The minimum atomic E-state index is -4.46. The molecule has 0 amide bonds. The molecule has 10 heteroatoms. The molecule has 1 aliphatic carbocycles. The third-order valence-corrected chi connectivity index (χ3v) is 7.59. The summed E-state index contributed by atoms with van der Waals surface area (Å²) >= 11 is 4.86. The zero-order valence-corrected chi connectivity index (χ0v) is 20.9. The van der Waals surface area contributed by atoms with Crippen LogP contribution in [0.3, 0.4) is 0 Å². The SMILES string of the molecule is Cc1cc(Nc2cc(C(F)(F)F)ccn2)nc(-c2cnc(C3(O)CCCc4cc(Br)ccc43)s2)c1. The lowest BCUT2D eigenvalue weighted by atomic mass is 9.79. The fourth-order valence-corrected chi connectivity index (χ4v) is 5.73. The van der Waals surface area contributed by atoms with Crippen LogP contribution in [0.25, 0.3) is 10.6 Å². The molecule has 4 aromatic rings. The molecule has 1 atom stereocenters. The lowest BCUT2D eigenvalue weighted by Gasteiger charge is -2.33. The van der Waals surface area contributed by atoms with E-state index in [9.17, 15) is 18.3 Å². The first kappa shape index (κ1) is 23.9. The molecule has 0 bridgehead atoms. The van der Waals surface area contributed by atoms with Crippen molar-refractivity contribution < 1.29 is 18.3 Å². The Labute approximate surface area is 212 Å². The number of hydrogen-bond donors (Lipinski definition) is 2. The maximum Gasteiger partial charge on any atom is 0.416 e. The monoisotopic (exact) mass is 560 g/mol. The highest BCUT2D eigenvalue weighted by molar-refractivity contribution is 9.10. The predicted molar refractivity (Wildman–Crippen MR) is 133 cm³/mol. The number of aromatic nitrogens is 3. The molecule has 0 fully saturated rings. The molecule has 1 unspecified atom stereocenters. The molecule has 1 aromatic carbocycles. The first-order valence-electron chi connectivity index (χ1n) is 10.9. The van der Waals surface area contributed by atoms with Crippen molar-refractivity contribution in [3.63, 3.8) is 0 Å². The number of aliphatic hydroxyl groups is 1. The topological polar surface area (TPSA) is 70.9 Å². The number of thiazole rings is 1. The molecule has 180 valence electrons. The van der Waals surface area contributed by atoms with Gasteiger partial charge in [0.05, 0.1) is 16.1 Å². The van der Waals surface area contributed by atoms with Gasteiger partial charge in [-0.3, -0.25) is 0 Å². The van der Waals surface area contributed by atoms with Crippen molar-refractivity contribution in [1.82, 2.24) is 15.0 Å². The number of nitrogens with one attached hydrogen (secondary N) is 1. The van der Waals surface area contributed by atoms with E-state index in [1.54, 1.807) is 12.3 Å². The van der Waals surface area contributed by atoms with E-state index in [2.05, 4.69) is 36.2 Å². The fraction of sp³-hybridized carbons (Fsp3) is 0.240. The summed E-state index contributed by atoms with van der Waals surface area (Å²) in [5.74, 6) is 0.418. The summed E-state index contributed by atoms with van der Waals surface area (Å²) in [7, 11) is 0. The van der Waals surface area contributed by atoms with Gasteiger partial charge in [-0.05, 0) is 79.3 Å². The number of halogens is 4. The molecule has 1 aliphatic rings. The Morgan fingerprint density at radius 1 is 1.09 bits per heavy atom. The molecular weight excluding hydrogens is 541 g/mol. The summed E-state index contributed by atoms with van der Waals surface area (Å²) in [6.45, 7) is 1.88. The predicted octanol–water partition coefficient (Wildman–Crippen LogP) is 7.01. The smallest absolute Gasteiger partial charge is 0.378 e. The Kier molecular flexibility index (Phi) is 6.14. The first-order chi connectivity index (χ1) is 16.6. The van der Waals surface area contributed by atoms with Crippen LogP contribution in [0.1, 0.15) is 40.1 Å². The van der Waals surface area contributed by atoms with Gasteiger partial charge in [-0.15, -0.1) is 11.3 Å². The number of hydrogen-bond acceptors (Lipinski definition) is 6. The lowest BCUT2D eigenvalue weighted by Crippen LogP contribution is -2.31. The van der Waals surface area contributed by atoms with Gasteiger partial charge in [0.15, 0.2) is 0 Å². The molecular formula is C25H20BrF3N4OS. The van der Waals surface area contributed by atoms with Crippen molar-refractivity contribution in [2.24, 2.45) is 0 Å². The Morgan fingerprint density at radius 3 is 2.71 bits per heavy atom. The number of aryl methyl sites for hydroxylation is 2. The average molecular weight is 561 g/mol. The molecule has 0 radical (unpaired) electrons. The molecule has 5 rings (SSSR count). The number of benzene rings is 1. The standard InChI is InChI=1S/C25H20BrF3N4OS/c1-14-9-19(32-22(10-14)33-21-12-16(6-8-30-21)25(27,28)29)20-13-31-23(35-20)24(34)7-2-3-15-11-17(26)4-5-18(15)24/h4-6,8-13,34H,2-3,7H2,1H3,(H,30,32,33). The normalized spacial score (nSPS) is 17.8. The van der Waals surface area contributed by atoms with Crippen LogP contribution in [0.2, 0.25) is 0 Å². The van der Waals surface area contributed by atoms with Gasteiger partial charge in [0, 0.05) is 16.9 Å². The van der Waals surface area contributed by atoms with Gasteiger partial charge < -0.3 is 10.4 Å². The van der Waals surface area contributed by atoms with Crippen LogP contribution in [0.15, 0.2) is 59.3 Å². The zero-order chi connectivity index (χ0) is 24.8. The van der Waals surface area contributed by atoms with E-state index in [1.165, 1.54) is 11.3 Å². The highest BCUT2D eigenvalue weighted by atomic mass is 79.9. The molecule has 35 heavy (non-hydrogen) atoms. The van der Waals surface area contributed by atoms with Crippen molar-refractivity contribution >= 4 is 38.9 Å². The minimum absolute atomic E-state index is 0.0492. The summed E-state index contributed by atoms with van der Waals surface area (Å²) in [6.07, 6.45) is 0.641. The van der Waals surface area contributed by atoms with Gasteiger partial charge >= 0.3 is 6.18 Å². The highest BCUT2D eigenvalue weighted by Gasteiger charge is 2.39. The molecule has 0 spiro atoms. The average Bonchev–Trinajstić information content (AvgIpc) is 3.30. The van der Waals surface area contributed by atoms with Gasteiger partial charge in [0.2, 0.25) is 0 Å². The molecule has 5 nitrogen and oxygen atoms in total. The molecule has 0 saturated heterocycles. The van der Waals surface area contributed by atoms with Gasteiger partial charge in [-0.25, -0.2) is 15.0 Å². The lowest BCUT2D eigenvalue weighted by molar-refractivity contribution is -0.137. The number of rotatable bonds is 4. The van der Waals surface area contributed by atoms with E-state index in [0.717, 1.165) is 57.2 Å². The van der Waals surface area contributed by atoms with Gasteiger partial charge in [0.25, 0.3) is 0 Å². The van der Waals surface area contributed by atoms with Crippen LogP contribution in [0, 0.1) is 6.92 Å². The van der Waals surface area contributed by atoms with E-state index >= 15 is 0 Å². The van der Waals surface area contributed by atoms with Crippen LogP contribution < -0.4 is 5.32 Å². The Balaban J connectivity index is 1.46. The molecule has 3 heterocycles. The van der Waals surface area contributed by atoms with Crippen molar-refractivity contribution in [3.05, 3.63) is 86.6 Å². The third-order valence-electron chi connectivity index (χ3n) is 5.92. The third kappa shape index (κ3) is 4.82. The Hall–Kier alpha value is -2.82. The number of fused-ring (bicyclic) bond motifs is 1. The maximum atomic E-state index is 13.1. The minimum Gasteiger partial charge on any atom is -0.378 e. The van der Waals surface area contributed by atoms with Gasteiger partial charge in [-0.1, -0.05) is 22.0 Å². The zero-order valence-electron chi connectivity index (χ0n) is 18.5. The van der Waals surface area contributed by atoms with E-state index in [-0.39, 0.29) is 5.82 Å². The van der Waals surface area contributed by atoms with Crippen LogP contribution in [0.4, 0.5) is 24.8 Å². The molecule has 0 aliphatic heterocycles. The van der Waals surface area contributed by atoms with Gasteiger partial charge in [-0.2, -0.15) is 13.2 Å². The van der Waals surface area contributed by atoms with E-state index in [4.69, 9.17) is 0 Å². The fourth-order valence-electron chi connectivity index (χ4n) is 4.31. The highest BCUT2D eigenvalue weighted by Crippen LogP contribution is 2.44. The van der Waals surface area contributed by atoms with Crippen LogP contribution in [-0.2, 0) is 18.2 Å². The first-order valence-corrected chi connectivity index (χ1v) is 12.5. The summed E-state index contributed by atoms with van der Waals surface area (Å²) in [4.78, 5) is 13.9. The maximum absolute atomic E-state index is 13.1. The second-order valence-electron chi connectivity index (χ2n) is 8.51. The second-order valence-corrected chi connectivity index (χ2v) is 10.5. The van der Waals surface area contributed by atoms with Crippen molar-refractivity contribution in [3.8, 4) is 10.6 Å². The number of alkyl halides is 3. The van der Waals surface area contributed by atoms with E-state index < -0.39 is 17.3 Å². The molecule has 0 saturated carbocycles. The summed E-state index contributed by atoms with van der Waals surface area (Å²) in [5, 5.41) is 15.1. The quantitative estimate of drug-likeness (QED) is 0.281. The summed E-state index contributed by atoms with van der Waals surface area (Å²) in [5.41, 5.74) is 1.47. The van der Waals surface area contributed by atoms with Crippen LogP contribution in [-0.4, -0.2) is 20.1 Å². The second kappa shape index (κ2) is 9.00. The van der Waals surface area contributed by atoms with E-state index in [1.807, 2.05) is 31.2 Å². The number of nitrogens with zero attached hydrogens (tertiary/aromatic N) is 3. The Morgan fingerprint density at radius 2 is 1.91 bits per heavy atom. The van der Waals surface area contributed by atoms with Gasteiger partial charge in [0.1, 0.15) is 22.2 Å². The Bertz CT molecular complexity index is 1410. The van der Waals surface area contributed by atoms with Crippen LogP contribution in [0.5, 0.6) is 0 Å². The van der Waals surface area contributed by atoms with Crippen LogP contribution >= 0.6 is 27.3 Å². The summed E-state index contributed by atoms with van der Waals surface area (Å²) < 4.78 is 40.1. The van der Waals surface area contributed by atoms with Crippen molar-refractivity contribution in [1.29, 1.82) is 0 Å². The largest absolute Gasteiger partial charge is 0.416 e. The van der Waals surface area contributed by atoms with E-state index in [0.29, 0.717) is 22.9 Å². The molecule has 2 N–H and O–H groups in total.